The molecule has 0 aromatic heterocycles. The molecule has 124 valence electrons. The summed E-state index contributed by atoms with van der Waals surface area (Å²) in [6.07, 6.45) is 4.84. The minimum atomic E-state index is 0.490. The van der Waals surface area contributed by atoms with Crippen LogP contribution in [0.15, 0.2) is 12.1 Å². The molecule has 1 aromatic rings. The number of nitrogens with two attached hydrogens (primary N) is 1. The number of nitrogens with zero attached hydrogens (tertiary/aromatic N) is 1. The Labute approximate surface area is 135 Å². The molecule has 0 spiro atoms. The van der Waals surface area contributed by atoms with Crippen molar-refractivity contribution in [1.82, 2.24) is 4.90 Å². The molecule has 0 radical (unpaired) electrons. The zero-order chi connectivity index (χ0) is 16.1. The third-order valence-corrected chi connectivity index (χ3v) is 5.23. The van der Waals surface area contributed by atoms with Gasteiger partial charge < -0.3 is 10.5 Å². The van der Waals surface area contributed by atoms with Gasteiger partial charge in [0.1, 0.15) is 5.75 Å². The van der Waals surface area contributed by atoms with E-state index in [1.54, 1.807) is 0 Å². The summed E-state index contributed by atoms with van der Waals surface area (Å²) in [7, 11) is 0. The van der Waals surface area contributed by atoms with Crippen LogP contribution in [0.3, 0.4) is 0 Å². The van der Waals surface area contributed by atoms with Crippen LogP contribution in [0.4, 0.5) is 0 Å². The van der Waals surface area contributed by atoms with Crippen LogP contribution in [-0.2, 0) is 0 Å². The zero-order valence-electron chi connectivity index (χ0n) is 14.7. The van der Waals surface area contributed by atoms with Crippen molar-refractivity contribution in [3.63, 3.8) is 0 Å². The summed E-state index contributed by atoms with van der Waals surface area (Å²) in [5.41, 5.74) is 9.63. The molecule has 1 aliphatic heterocycles. The topological polar surface area (TPSA) is 38.5 Å². The first-order chi connectivity index (χ1) is 10.6. The van der Waals surface area contributed by atoms with Crippen molar-refractivity contribution in [2.75, 3.05) is 19.7 Å². The van der Waals surface area contributed by atoms with E-state index in [9.17, 15) is 0 Å². The van der Waals surface area contributed by atoms with Crippen LogP contribution in [0.1, 0.15) is 62.3 Å². The lowest BCUT2D eigenvalue weighted by atomic mass is 9.96. The van der Waals surface area contributed by atoms with Gasteiger partial charge in [0.2, 0.25) is 0 Å². The van der Waals surface area contributed by atoms with Gasteiger partial charge in [-0.3, -0.25) is 4.90 Å². The Morgan fingerprint density at radius 2 is 2.09 bits per heavy atom. The molecule has 0 saturated carbocycles. The van der Waals surface area contributed by atoms with E-state index in [-0.39, 0.29) is 0 Å². The molecule has 0 aliphatic carbocycles. The lowest BCUT2D eigenvalue weighted by molar-refractivity contribution is 0.188. The van der Waals surface area contributed by atoms with Crippen LogP contribution in [-0.4, -0.2) is 30.6 Å². The third-order valence-electron chi connectivity index (χ3n) is 5.23. The van der Waals surface area contributed by atoms with Crippen molar-refractivity contribution in [3.05, 3.63) is 28.8 Å². The fraction of sp³-hybridized carbons (Fsp3) is 0.684. The van der Waals surface area contributed by atoms with Crippen LogP contribution in [0.2, 0.25) is 0 Å². The molecule has 2 rings (SSSR count). The van der Waals surface area contributed by atoms with Gasteiger partial charge in [0, 0.05) is 12.1 Å². The van der Waals surface area contributed by atoms with Crippen molar-refractivity contribution in [2.24, 2.45) is 5.73 Å². The van der Waals surface area contributed by atoms with Crippen molar-refractivity contribution in [2.45, 2.75) is 65.5 Å². The number of likely N-dealkylation sites (tertiary alicyclic amines) is 1. The van der Waals surface area contributed by atoms with Crippen LogP contribution in [0, 0.1) is 13.8 Å². The van der Waals surface area contributed by atoms with Gasteiger partial charge in [-0.2, -0.15) is 0 Å². The number of rotatable bonds is 7. The Kier molecular flexibility index (Phi) is 6.27. The van der Waals surface area contributed by atoms with Gasteiger partial charge >= 0.3 is 0 Å². The molecule has 22 heavy (non-hydrogen) atoms. The normalized spacial score (nSPS) is 20.3. The SMILES string of the molecule is CCC1CCCN1C(C)c1ccc(OCCCN)c(C)c1C. The summed E-state index contributed by atoms with van der Waals surface area (Å²) in [6, 6.07) is 5.64. The van der Waals surface area contributed by atoms with Crippen LogP contribution < -0.4 is 10.5 Å². The van der Waals surface area contributed by atoms with Gasteiger partial charge in [0.25, 0.3) is 0 Å². The Hall–Kier alpha value is -1.06. The van der Waals surface area contributed by atoms with Crippen LogP contribution in [0.5, 0.6) is 5.75 Å². The molecule has 2 N–H and O–H groups in total. The van der Waals surface area contributed by atoms with Crippen LogP contribution >= 0.6 is 0 Å². The fourth-order valence-electron chi connectivity index (χ4n) is 3.68. The van der Waals surface area contributed by atoms with Gasteiger partial charge in [-0.15, -0.1) is 0 Å². The maximum absolute atomic E-state index is 5.87. The molecule has 0 bridgehead atoms. The van der Waals surface area contributed by atoms with E-state index in [4.69, 9.17) is 10.5 Å². The monoisotopic (exact) mass is 304 g/mol. The fourth-order valence-corrected chi connectivity index (χ4v) is 3.68. The largest absolute Gasteiger partial charge is 0.493 e. The van der Waals surface area contributed by atoms with Crippen molar-refractivity contribution >= 4 is 0 Å². The van der Waals surface area contributed by atoms with E-state index in [1.807, 2.05) is 0 Å². The molecule has 1 saturated heterocycles. The van der Waals surface area contributed by atoms with Crippen LogP contribution in [0.25, 0.3) is 0 Å². The lowest BCUT2D eigenvalue weighted by Crippen LogP contribution is -2.32. The summed E-state index contributed by atoms with van der Waals surface area (Å²) in [5, 5.41) is 0. The van der Waals surface area contributed by atoms with Crippen molar-refractivity contribution < 1.29 is 4.74 Å². The molecule has 0 amide bonds. The highest BCUT2D eigenvalue weighted by molar-refractivity contribution is 5.44. The molecular weight excluding hydrogens is 272 g/mol. The molecule has 1 fully saturated rings. The van der Waals surface area contributed by atoms with Gasteiger partial charge in [0.05, 0.1) is 6.61 Å². The van der Waals surface area contributed by atoms with Crippen molar-refractivity contribution in [3.8, 4) is 5.75 Å². The van der Waals surface area contributed by atoms with E-state index in [0.29, 0.717) is 19.2 Å². The third kappa shape index (κ3) is 3.64. The van der Waals surface area contributed by atoms with E-state index in [2.05, 4.69) is 44.7 Å². The first-order valence-corrected chi connectivity index (χ1v) is 8.78. The molecule has 2 atom stereocenters. The van der Waals surface area contributed by atoms with Gasteiger partial charge in [-0.1, -0.05) is 13.0 Å². The quantitative estimate of drug-likeness (QED) is 0.775. The standard InChI is InChI=1S/C19H32N2O/c1-5-17-8-6-12-21(17)16(4)18-9-10-19(15(3)14(18)2)22-13-7-11-20/h9-10,16-17H,5-8,11-13,20H2,1-4H3. The Bertz CT molecular complexity index is 487. The van der Waals surface area contributed by atoms with Crippen molar-refractivity contribution in [1.29, 1.82) is 0 Å². The molecule has 2 unspecified atom stereocenters. The first kappa shape index (κ1) is 17.3. The second kappa shape index (κ2) is 7.98. The average Bonchev–Trinajstić information content (AvgIpc) is 2.99. The lowest BCUT2D eigenvalue weighted by Gasteiger charge is -2.32. The second-order valence-electron chi connectivity index (χ2n) is 6.51. The molecular formula is C19H32N2O. The predicted molar refractivity (Wildman–Crippen MR) is 93.5 cm³/mol. The van der Waals surface area contributed by atoms with E-state index in [0.717, 1.165) is 18.2 Å². The molecule has 1 aromatic carbocycles. The highest BCUT2D eigenvalue weighted by Crippen LogP contribution is 2.35. The van der Waals surface area contributed by atoms with Gasteiger partial charge in [-0.05, 0) is 82.3 Å². The predicted octanol–water partition coefficient (Wildman–Crippen LogP) is 3.97. The maximum Gasteiger partial charge on any atom is 0.122 e. The zero-order valence-corrected chi connectivity index (χ0v) is 14.7. The van der Waals surface area contributed by atoms with Gasteiger partial charge in [-0.25, -0.2) is 0 Å². The molecule has 3 nitrogen and oxygen atoms in total. The summed E-state index contributed by atoms with van der Waals surface area (Å²) >= 11 is 0. The Morgan fingerprint density at radius 3 is 2.77 bits per heavy atom. The maximum atomic E-state index is 5.87. The van der Waals surface area contributed by atoms with E-state index < -0.39 is 0 Å². The number of ether oxygens (including phenoxy) is 1. The number of benzene rings is 1. The highest BCUT2D eigenvalue weighted by atomic mass is 16.5. The molecule has 1 aliphatic rings. The highest BCUT2D eigenvalue weighted by Gasteiger charge is 2.28. The number of hydrogen-bond acceptors (Lipinski definition) is 3. The first-order valence-electron chi connectivity index (χ1n) is 8.78. The molecule has 3 heteroatoms. The summed E-state index contributed by atoms with van der Waals surface area (Å²) < 4.78 is 5.87. The minimum Gasteiger partial charge on any atom is -0.493 e. The second-order valence-corrected chi connectivity index (χ2v) is 6.51. The smallest absolute Gasteiger partial charge is 0.122 e. The Morgan fingerprint density at radius 1 is 1.32 bits per heavy atom. The molecule has 1 heterocycles. The summed E-state index contributed by atoms with van der Waals surface area (Å²) in [5.74, 6) is 1.01. The van der Waals surface area contributed by atoms with E-state index in [1.165, 1.54) is 42.5 Å². The summed E-state index contributed by atoms with van der Waals surface area (Å²) in [6.45, 7) is 11.7. The van der Waals surface area contributed by atoms with Gasteiger partial charge in [0.15, 0.2) is 0 Å². The number of hydrogen-bond donors (Lipinski definition) is 1. The minimum absolute atomic E-state index is 0.490. The Balaban J connectivity index is 2.16. The van der Waals surface area contributed by atoms with E-state index >= 15 is 0 Å². The summed E-state index contributed by atoms with van der Waals surface area (Å²) in [4.78, 5) is 2.68. The average molecular weight is 304 g/mol.